The van der Waals surface area contributed by atoms with Crippen LogP contribution in [0.1, 0.15) is 18.1 Å². The van der Waals surface area contributed by atoms with Gasteiger partial charge in [-0.3, -0.25) is 4.99 Å². The maximum absolute atomic E-state index is 12.9. The molecule has 0 fully saturated rings. The molecule has 0 aromatic heterocycles. The fourth-order valence-corrected chi connectivity index (χ4v) is 1.76. The van der Waals surface area contributed by atoms with E-state index >= 15 is 0 Å². The molecule has 0 unspecified atom stereocenters. The van der Waals surface area contributed by atoms with Gasteiger partial charge in [0.05, 0.1) is 0 Å². The van der Waals surface area contributed by atoms with E-state index in [0.717, 1.165) is 16.8 Å². The predicted octanol–water partition coefficient (Wildman–Crippen LogP) is 3.85. The Kier molecular flexibility index (Phi) is 4.35. The normalized spacial score (nSPS) is 12.6. The molecule has 0 N–H and O–H groups in total. The van der Waals surface area contributed by atoms with Gasteiger partial charge in [0.2, 0.25) is 0 Å². The van der Waals surface area contributed by atoms with E-state index in [9.17, 15) is 8.78 Å². The molecule has 0 aliphatic heterocycles. The third-order valence-electron chi connectivity index (χ3n) is 2.85. The second-order valence-electron chi connectivity index (χ2n) is 4.26. The predicted molar refractivity (Wildman–Crippen MR) is 77.5 cm³/mol. The molecule has 0 amide bonds. The molecule has 0 bridgehead atoms. The van der Waals surface area contributed by atoms with Crippen LogP contribution in [0.15, 0.2) is 58.5 Å². The molecule has 0 saturated heterocycles. The van der Waals surface area contributed by atoms with Crippen LogP contribution in [0.5, 0.6) is 0 Å². The fraction of sp³-hybridized carbons (Fsp3) is 0.125. The molecule has 0 radical (unpaired) electrons. The van der Waals surface area contributed by atoms with E-state index in [4.69, 9.17) is 0 Å². The van der Waals surface area contributed by atoms with Gasteiger partial charge in [0.25, 0.3) is 0 Å². The van der Waals surface area contributed by atoms with Crippen molar-refractivity contribution in [3.8, 4) is 0 Å². The zero-order valence-electron chi connectivity index (χ0n) is 11.3. The first-order chi connectivity index (χ1) is 9.60. The van der Waals surface area contributed by atoms with Gasteiger partial charge in [0, 0.05) is 18.3 Å². The molecular formula is C16H14F2N2. The van der Waals surface area contributed by atoms with Crippen LogP contribution in [0.4, 0.5) is 8.78 Å². The first kappa shape index (κ1) is 14.1. The quantitative estimate of drug-likeness (QED) is 0.586. The van der Waals surface area contributed by atoms with Gasteiger partial charge in [0.15, 0.2) is 5.84 Å². The summed E-state index contributed by atoms with van der Waals surface area (Å²) in [5.74, 6) is -0.0836. The van der Waals surface area contributed by atoms with E-state index in [1.807, 2.05) is 6.92 Å². The zero-order chi connectivity index (χ0) is 14.5. The van der Waals surface area contributed by atoms with Gasteiger partial charge in [-0.1, -0.05) is 12.1 Å². The van der Waals surface area contributed by atoms with Gasteiger partial charge in [0.1, 0.15) is 11.6 Å². The summed E-state index contributed by atoms with van der Waals surface area (Å²) < 4.78 is 25.8. The minimum absolute atomic E-state index is 0.288. The number of halogens is 2. The summed E-state index contributed by atoms with van der Waals surface area (Å²) >= 11 is 0. The standard InChI is InChI=1S/C16H14F2N2/c1-11(12-3-7-14(17)8-4-12)20-16(19-2)13-5-9-15(18)10-6-13/h3-10H,1-2H3. The van der Waals surface area contributed by atoms with Crippen LogP contribution in [0, 0.1) is 11.6 Å². The summed E-state index contributed by atoms with van der Waals surface area (Å²) in [4.78, 5) is 8.52. The molecule has 4 heteroatoms. The Labute approximate surface area is 116 Å². The first-order valence-electron chi connectivity index (χ1n) is 6.14. The van der Waals surface area contributed by atoms with Crippen molar-refractivity contribution in [2.24, 2.45) is 9.98 Å². The third kappa shape index (κ3) is 3.35. The second kappa shape index (κ2) is 6.19. The first-order valence-corrected chi connectivity index (χ1v) is 6.14. The molecule has 2 nitrogen and oxygen atoms in total. The lowest BCUT2D eigenvalue weighted by molar-refractivity contribution is 0.627. The van der Waals surface area contributed by atoms with Gasteiger partial charge in [-0.15, -0.1) is 0 Å². The largest absolute Gasteiger partial charge is 0.270 e. The maximum Gasteiger partial charge on any atom is 0.154 e. The van der Waals surface area contributed by atoms with Crippen LogP contribution < -0.4 is 0 Å². The molecule has 2 aromatic carbocycles. The lowest BCUT2D eigenvalue weighted by Crippen LogP contribution is -2.03. The average molecular weight is 272 g/mol. The Bertz CT molecular complexity index is 641. The Balaban J connectivity index is 2.31. The molecule has 0 saturated carbocycles. The highest BCUT2D eigenvalue weighted by atomic mass is 19.1. The van der Waals surface area contributed by atoms with Crippen LogP contribution in [-0.4, -0.2) is 18.6 Å². The van der Waals surface area contributed by atoms with Crippen molar-refractivity contribution in [3.05, 3.63) is 71.3 Å². The third-order valence-corrected chi connectivity index (χ3v) is 2.85. The van der Waals surface area contributed by atoms with Crippen molar-refractivity contribution in [2.75, 3.05) is 7.05 Å². The summed E-state index contributed by atoms with van der Waals surface area (Å²) in [6.45, 7) is 1.82. The summed E-state index contributed by atoms with van der Waals surface area (Å²) in [5.41, 5.74) is 2.26. The number of aliphatic imine (C=N–C) groups is 2. The molecule has 0 aliphatic carbocycles. The highest BCUT2D eigenvalue weighted by Crippen LogP contribution is 2.09. The number of hydrogen-bond acceptors (Lipinski definition) is 1. The van der Waals surface area contributed by atoms with Crippen LogP contribution in [0.2, 0.25) is 0 Å². The molecule has 2 rings (SSSR count). The van der Waals surface area contributed by atoms with E-state index in [1.165, 1.54) is 24.3 Å². The molecule has 2 aromatic rings. The zero-order valence-corrected chi connectivity index (χ0v) is 11.3. The lowest BCUT2D eigenvalue weighted by Gasteiger charge is -2.04. The minimum Gasteiger partial charge on any atom is -0.270 e. The topological polar surface area (TPSA) is 24.7 Å². The summed E-state index contributed by atoms with van der Waals surface area (Å²) in [5, 5.41) is 0. The average Bonchev–Trinajstić information content (AvgIpc) is 2.46. The van der Waals surface area contributed by atoms with Gasteiger partial charge in [-0.25, -0.2) is 13.8 Å². The number of rotatable bonds is 2. The van der Waals surface area contributed by atoms with Gasteiger partial charge in [-0.2, -0.15) is 0 Å². The Hall–Kier alpha value is -2.36. The van der Waals surface area contributed by atoms with Crippen molar-refractivity contribution >= 4 is 11.5 Å². The van der Waals surface area contributed by atoms with E-state index in [1.54, 1.807) is 31.3 Å². The van der Waals surface area contributed by atoms with Crippen LogP contribution in [0.25, 0.3) is 0 Å². The van der Waals surface area contributed by atoms with Crippen LogP contribution in [-0.2, 0) is 0 Å². The maximum atomic E-state index is 12.9. The summed E-state index contributed by atoms with van der Waals surface area (Å²) in [7, 11) is 1.63. The minimum atomic E-state index is -0.302. The van der Waals surface area contributed by atoms with Gasteiger partial charge >= 0.3 is 0 Å². The Morgan fingerprint density at radius 2 is 1.25 bits per heavy atom. The molecular weight excluding hydrogens is 258 g/mol. The Morgan fingerprint density at radius 3 is 1.70 bits per heavy atom. The number of benzene rings is 2. The number of hydrogen-bond donors (Lipinski definition) is 0. The lowest BCUT2D eigenvalue weighted by atomic mass is 10.1. The van der Waals surface area contributed by atoms with Crippen molar-refractivity contribution < 1.29 is 8.78 Å². The molecule has 20 heavy (non-hydrogen) atoms. The summed E-state index contributed by atoms with van der Waals surface area (Å²) in [6.07, 6.45) is 0. The highest BCUT2D eigenvalue weighted by Gasteiger charge is 2.04. The van der Waals surface area contributed by atoms with E-state index < -0.39 is 0 Å². The fourth-order valence-electron chi connectivity index (χ4n) is 1.76. The van der Waals surface area contributed by atoms with Gasteiger partial charge < -0.3 is 0 Å². The Morgan fingerprint density at radius 1 is 0.800 bits per heavy atom. The van der Waals surface area contributed by atoms with Crippen molar-refractivity contribution in [2.45, 2.75) is 6.92 Å². The number of amidine groups is 1. The molecule has 0 atom stereocenters. The monoisotopic (exact) mass is 272 g/mol. The SMILES string of the molecule is CN=C(N=C(C)c1ccc(F)cc1)c1ccc(F)cc1. The van der Waals surface area contributed by atoms with Crippen LogP contribution in [0.3, 0.4) is 0 Å². The van der Waals surface area contributed by atoms with E-state index in [2.05, 4.69) is 9.98 Å². The molecule has 0 spiro atoms. The van der Waals surface area contributed by atoms with E-state index in [-0.39, 0.29) is 11.6 Å². The van der Waals surface area contributed by atoms with Crippen molar-refractivity contribution in [3.63, 3.8) is 0 Å². The molecule has 0 aliphatic rings. The van der Waals surface area contributed by atoms with Crippen LogP contribution >= 0.6 is 0 Å². The highest BCUT2D eigenvalue weighted by molar-refractivity contribution is 6.11. The number of nitrogens with zero attached hydrogens (tertiary/aromatic N) is 2. The molecule has 0 heterocycles. The van der Waals surface area contributed by atoms with Crippen molar-refractivity contribution in [1.29, 1.82) is 0 Å². The van der Waals surface area contributed by atoms with E-state index in [0.29, 0.717) is 5.84 Å². The summed E-state index contributed by atoms with van der Waals surface area (Å²) in [6, 6.07) is 12.1. The van der Waals surface area contributed by atoms with Gasteiger partial charge in [-0.05, 0) is 48.9 Å². The molecule has 102 valence electrons. The smallest absolute Gasteiger partial charge is 0.154 e. The second-order valence-corrected chi connectivity index (χ2v) is 4.26. The van der Waals surface area contributed by atoms with Crippen molar-refractivity contribution in [1.82, 2.24) is 0 Å².